The van der Waals surface area contributed by atoms with Gasteiger partial charge in [-0.25, -0.2) is 5.06 Å². The van der Waals surface area contributed by atoms with Gasteiger partial charge in [0.05, 0.1) is 13.1 Å². The lowest BCUT2D eigenvalue weighted by molar-refractivity contribution is -0.166. The van der Waals surface area contributed by atoms with Crippen molar-refractivity contribution in [2.45, 2.75) is 25.2 Å². The van der Waals surface area contributed by atoms with Gasteiger partial charge in [0.1, 0.15) is 5.78 Å². The Kier molecular flexibility index (Phi) is 5.13. The Morgan fingerprint density at radius 1 is 1.33 bits per heavy atom. The summed E-state index contributed by atoms with van der Waals surface area (Å²) < 4.78 is 11.3. The molecule has 2 rings (SSSR count). The van der Waals surface area contributed by atoms with Gasteiger partial charge in [-0.05, 0) is 24.3 Å². The summed E-state index contributed by atoms with van der Waals surface area (Å²) >= 11 is 0. The van der Waals surface area contributed by atoms with Crippen molar-refractivity contribution in [3.8, 4) is 0 Å². The van der Waals surface area contributed by atoms with E-state index in [4.69, 9.17) is 0 Å². The Labute approximate surface area is 122 Å². The lowest BCUT2D eigenvalue weighted by atomic mass is 10.2. The molecule has 0 spiro atoms. The molecule has 21 heavy (non-hydrogen) atoms. The van der Waals surface area contributed by atoms with Gasteiger partial charge in [0.15, 0.2) is 0 Å². The van der Waals surface area contributed by atoms with E-state index in [2.05, 4.69) is 5.32 Å². The van der Waals surface area contributed by atoms with Gasteiger partial charge < -0.3 is 9.79 Å². The van der Waals surface area contributed by atoms with Crippen LogP contribution in [0.3, 0.4) is 0 Å². The Morgan fingerprint density at radius 2 is 1.95 bits per heavy atom. The number of carbonyl (C=O) groups is 1. The van der Waals surface area contributed by atoms with E-state index >= 15 is 0 Å². The van der Waals surface area contributed by atoms with E-state index in [9.17, 15) is 24.4 Å². The monoisotopic (exact) mass is 314 g/mol. The largest absolute Gasteiger partial charge is 0.342 e. The van der Waals surface area contributed by atoms with E-state index in [1.165, 1.54) is 0 Å². The van der Waals surface area contributed by atoms with Crippen molar-refractivity contribution < 1.29 is 24.4 Å². The molecule has 0 aromatic heterocycles. The molecule has 0 radical (unpaired) electrons. The highest BCUT2D eigenvalue weighted by molar-refractivity contribution is 7.52. The van der Waals surface area contributed by atoms with Gasteiger partial charge in [-0.2, -0.15) is 0 Å². The minimum absolute atomic E-state index is 0.0331. The van der Waals surface area contributed by atoms with Crippen molar-refractivity contribution in [2.24, 2.45) is 5.92 Å². The van der Waals surface area contributed by atoms with Gasteiger partial charge in [-0.15, -0.1) is 0 Å². The second kappa shape index (κ2) is 6.68. The number of nitrogens with one attached hydrogen (secondary N) is 1. The van der Waals surface area contributed by atoms with E-state index in [0.29, 0.717) is 5.06 Å². The lowest BCUT2D eigenvalue weighted by Crippen LogP contribution is -2.40. The van der Waals surface area contributed by atoms with Crippen molar-refractivity contribution in [3.63, 3.8) is 0 Å². The zero-order valence-electron chi connectivity index (χ0n) is 11.4. The van der Waals surface area contributed by atoms with E-state index in [1.54, 1.807) is 24.3 Å². The average molecular weight is 314 g/mol. The maximum absolute atomic E-state index is 11.8. The molecule has 1 amide bonds. The second-order valence-electron chi connectivity index (χ2n) is 5.19. The number of hydroxylamine groups is 2. The predicted octanol–water partition coefficient (Wildman–Crippen LogP) is 0.908. The number of hydrogen-bond donors (Lipinski definition) is 4. The summed E-state index contributed by atoms with van der Waals surface area (Å²) in [5.74, 6) is -1.73. The molecule has 1 fully saturated rings. The van der Waals surface area contributed by atoms with Gasteiger partial charge >= 0.3 is 7.60 Å². The van der Waals surface area contributed by atoms with E-state index in [-0.39, 0.29) is 19.0 Å². The zero-order valence-corrected chi connectivity index (χ0v) is 12.3. The first-order valence-corrected chi connectivity index (χ1v) is 8.38. The first-order valence-electron chi connectivity index (χ1n) is 6.69. The van der Waals surface area contributed by atoms with E-state index < -0.39 is 19.3 Å². The summed E-state index contributed by atoms with van der Waals surface area (Å²) in [6.45, 7) is -0.277. The molecule has 0 saturated heterocycles. The highest BCUT2D eigenvalue weighted by atomic mass is 31.2. The first-order chi connectivity index (χ1) is 9.88. The summed E-state index contributed by atoms with van der Waals surface area (Å²) in [5.41, 5.74) is 0.766. The third kappa shape index (κ3) is 4.91. The quantitative estimate of drug-likeness (QED) is 0.338. The molecule has 1 aliphatic rings. The van der Waals surface area contributed by atoms with E-state index in [0.717, 1.165) is 18.4 Å². The normalized spacial score (nSPS) is 16.5. The molecule has 1 atom stereocenters. The third-order valence-electron chi connectivity index (χ3n) is 3.36. The molecule has 0 aliphatic heterocycles. The van der Waals surface area contributed by atoms with Crippen molar-refractivity contribution in [1.82, 2.24) is 10.4 Å². The highest BCUT2D eigenvalue weighted by Crippen LogP contribution is 2.51. The summed E-state index contributed by atoms with van der Waals surface area (Å²) in [4.78, 5) is 30.3. The number of hydrogen-bond acceptors (Lipinski definition) is 4. The predicted molar refractivity (Wildman–Crippen MR) is 75.3 cm³/mol. The topological polar surface area (TPSA) is 110 Å². The summed E-state index contributed by atoms with van der Waals surface area (Å²) in [6, 6.07) is 8.96. The summed E-state index contributed by atoms with van der Waals surface area (Å²) in [7, 11) is -4.29. The molecule has 1 aliphatic carbocycles. The SMILES string of the molecule is O=C(CNC(C1CC1)P(=O)(O)O)N(O)Cc1ccccc1. The fourth-order valence-electron chi connectivity index (χ4n) is 2.10. The maximum Gasteiger partial charge on any atom is 0.342 e. The fraction of sp³-hybridized carbons (Fsp3) is 0.462. The summed E-state index contributed by atoms with van der Waals surface area (Å²) in [6.07, 6.45) is 1.48. The molecule has 0 bridgehead atoms. The van der Waals surface area contributed by atoms with Crippen molar-refractivity contribution in [3.05, 3.63) is 35.9 Å². The van der Waals surface area contributed by atoms with Crippen LogP contribution in [0, 0.1) is 5.92 Å². The molecule has 7 nitrogen and oxygen atoms in total. The van der Waals surface area contributed by atoms with Gasteiger partial charge in [0.25, 0.3) is 5.91 Å². The van der Waals surface area contributed by atoms with Crippen molar-refractivity contribution >= 4 is 13.5 Å². The maximum atomic E-state index is 11.8. The molecule has 4 N–H and O–H groups in total. The lowest BCUT2D eigenvalue weighted by Gasteiger charge is -2.21. The van der Waals surface area contributed by atoms with Crippen LogP contribution in [0.15, 0.2) is 30.3 Å². The average Bonchev–Trinajstić information content (AvgIpc) is 3.23. The summed E-state index contributed by atoms with van der Waals surface area (Å²) in [5, 5.41) is 12.8. The fourth-order valence-corrected chi connectivity index (χ4v) is 3.28. The molecule has 116 valence electrons. The van der Waals surface area contributed by atoms with Crippen LogP contribution >= 0.6 is 7.60 Å². The molecular formula is C13H19N2O5P. The minimum Gasteiger partial charge on any atom is -0.323 e. The number of rotatable bonds is 7. The van der Waals surface area contributed by atoms with Crippen molar-refractivity contribution in [1.29, 1.82) is 0 Å². The molecule has 0 heterocycles. The van der Waals surface area contributed by atoms with E-state index in [1.807, 2.05) is 6.07 Å². The Bertz CT molecular complexity index is 529. The number of nitrogens with zero attached hydrogens (tertiary/aromatic N) is 1. The second-order valence-corrected chi connectivity index (χ2v) is 6.92. The number of carbonyl (C=O) groups excluding carboxylic acids is 1. The molecule has 1 saturated carbocycles. The third-order valence-corrected chi connectivity index (χ3v) is 4.69. The van der Waals surface area contributed by atoms with Crippen LogP contribution in [-0.2, 0) is 15.9 Å². The van der Waals surface area contributed by atoms with Crippen molar-refractivity contribution in [2.75, 3.05) is 6.54 Å². The van der Waals surface area contributed by atoms with Crippen LogP contribution < -0.4 is 5.32 Å². The van der Waals surface area contributed by atoms with Gasteiger partial charge in [0.2, 0.25) is 0 Å². The van der Waals surface area contributed by atoms with Crippen LogP contribution in [0.4, 0.5) is 0 Å². The van der Waals surface area contributed by atoms with Crippen LogP contribution in [0.1, 0.15) is 18.4 Å². The molecule has 1 aromatic rings. The number of benzene rings is 1. The van der Waals surface area contributed by atoms with Crippen LogP contribution in [0.25, 0.3) is 0 Å². The van der Waals surface area contributed by atoms with Crippen LogP contribution in [0.2, 0.25) is 0 Å². The number of amides is 1. The van der Waals surface area contributed by atoms with Gasteiger partial charge in [-0.1, -0.05) is 30.3 Å². The molecule has 1 unspecified atom stereocenters. The Balaban J connectivity index is 1.84. The van der Waals surface area contributed by atoms with Crippen LogP contribution in [-0.4, -0.2) is 38.3 Å². The highest BCUT2D eigenvalue weighted by Gasteiger charge is 2.42. The zero-order chi connectivity index (χ0) is 15.5. The molecular weight excluding hydrogens is 295 g/mol. The van der Waals surface area contributed by atoms with Crippen LogP contribution in [0.5, 0.6) is 0 Å². The molecule has 1 aromatic carbocycles. The smallest absolute Gasteiger partial charge is 0.323 e. The minimum atomic E-state index is -4.29. The van der Waals surface area contributed by atoms with Gasteiger partial charge in [0, 0.05) is 0 Å². The Hall–Kier alpha value is -1.24. The first kappa shape index (κ1) is 16.1. The standard InChI is InChI=1S/C13H19N2O5P/c16-12(15(17)9-10-4-2-1-3-5-10)8-14-13(11-6-7-11)21(18,19)20/h1-5,11,13-14,17H,6-9H2,(H2,18,19,20). The molecule has 8 heteroatoms. The Morgan fingerprint density at radius 3 is 2.48 bits per heavy atom. The van der Waals surface area contributed by atoms with Gasteiger partial charge in [-0.3, -0.25) is 19.9 Å².